The van der Waals surface area contributed by atoms with Crippen molar-refractivity contribution in [2.75, 3.05) is 14.2 Å². The highest BCUT2D eigenvalue weighted by Gasteiger charge is 2.17. The molecule has 1 atom stereocenters. The maximum Gasteiger partial charge on any atom is 0.177 e. The zero-order chi connectivity index (χ0) is 13.3. The molecular formula is C14H16BrNO2. The lowest BCUT2D eigenvalue weighted by Crippen LogP contribution is -1.93. The van der Waals surface area contributed by atoms with Crippen molar-refractivity contribution in [1.29, 1.82) is 0 Å². The molecule has 2 aromatic rings. The van der Waals surface area contributed by atoms with E-state index in [4.69, 9.17) is 9.47 Å². The third-order valence-corrected chi connectivity index (χ3v) is 3.90. The first-order chi connectivity index (χ1) is 8.63. The fraction of sp³-hybridized carbons (Fsp3) is 0.286. The summed E-state index contributed by atoms with van der Waals surface area (Å²) in [5.74, 6) is 1.70. The van der Waals surface area contributed by atoms with Gasteiger partial charge in [0, 0.05) is 17.5 Å². The van der Waals surface area contributed by atoms with E-state index in [0.717, 1.165) is 15.4 Å². The second-order valence-corrected chi connectivity index (χ2v) is 4.91. The maximum absolute atomic E-state index is 5.37. The second kappa shape index (κ2) is 5.06. The highest BCUT2D eigenvalue weighted by atomic mass is 79.9. The summed E-state index contributed by atoms with van der Waals surface area (Å²) >= 11 is 3.56. The van der Waals surface area contributed by atoms with Gasteiger partial charge in [0.1, 0.15) is 0 Å². The number of halogens is 1. The van der Waals surface area contributed by atoms with E-state index in [0.29, 0.717) is 11.5 Å². The molecule has 0 saturated heterocycles. The molecule has 96 valence electrons. The van der Waals surface area contributed by atoms with E-state index in [1.807, 2.05) is 18.3 Å². The molecule has 0 amide bonds. The Morgan fingerprint density at radius 2 is 2.11 bits per heavy atom. The van der Waals surface area contributed by atoms with E-state index in [2.05, 4.69) is 34.4 Å². The van der Waals surface area contributed by atoms with Crippen LogP contribution in [0.25, 0.3) is 10.9 Å². The Bertz CT molecular complexity index is 589. The van der Waals surface area contributed by atoms with E-state index in [9.17, 15) is 0 Å². The average Bonchev–Trinajstić information content (AvgIpc) is 2.81. The minimum Gasteiger partial charge on any atom is -0.493 e. The number of hydrogen-bond donors (Lipinski definition) is 1. The molecule has 4 heteroatoms. The van der Waals surface area contributed by atoms with Gasteiger partial charge in [-0.3, -0.25) is 0 Å². The van der Waals surface area contributed by atoms with Crippen molar-refractivity contribution in [3.63, 3.8) is 0 Å². The molecule has 0 fully saturated rings. The fourth-order valence-corrected chi connectivity index (χ4v) is 2.74. The number of H-pyrrole nitrogens is 1. The Morgan fingerprint density at radius 3 is 2.67 bits per heavy atom. The van der Waals surface area contributed by atoms with Gasteiger partial charge in [-0.2, -0.15) is 0 Å². The number of rotatable bonds is 4. The van der Waals surface area contributed by atoms with Crippen LogP contribution in [-0.4, -0.2) is 19.2 Å². The Hall–Kier alpha value is -1.42. The molecule has 0 aliphatic carbocycles. The molecular weight excluding hydrogens is 294 g/mol. The number of methoxy groups -OCH3 is 2. The van der Waals surface area contributed by atoms with E-state index < -0.39 is 0 Å². The van der Waals surface area contributed by atoms with E-state index >= 15 is 0 Å². The topological polar surface area (TPSA) is 34.2 Å². The van der Waals surface area contributed by atoms with Crippen molar-refractivity contribution in [2.45, 2.75) is 12.8 Å². The molecule has 1 heterocycles. The van der Waals surface area contributed by atoms with Crippen LogP contribution in [0.4, 0.5) is 0 Å². The van der Waals surface area contributed by atoms with Crippen molar-refractivity contribution in [3.8, 4) is 11.5 Å². The summed E-state index contributed by atoms with van der Waals surface area (Å²) in [5, 5.41) is 1.12. The molecule has 1 aromatic carbocycles. The SMILES string of the molecule is C=CC(C)c1c[nH]c2c(Br)c(OC)c(OC)cc12. The number of benzene rings is 1. The van der Waals surface area contributed by atoms with Crippen molar-refractivity contribution < 1.29 is 9.47 Å². The normalized spacial score (nSPS) is 12.4. The Balaban J connectivity index is 2.76. The van der Waals surface area contributed by atoms with Gasteiger partial charge in [0.2, 0.25) is 0 Å². The van der Waals surface area contributed by atoms with Crippen LogP contribution in [0.1, 0.15) is 18.4 Å². The van der Waals surface area contributed by atoms with Crippen LogP contribution in [0.15, 0.2) is 29.4 Å². The van der Waals surface area contributed by atoms with Gasteiger partial charge in [0.15, 0.2) is 11.5 Å². The van der Waals surface area contributed by atoms with Crippen LogP contribution in [0.5, 0.6) is 11.5 Å². The number of aromatic nitrogens is 1. The molecule has 0 radical (unpaired) electrons. The number of hydrogen-bond acceptors (Lipinski definition) is 2. The highest BCUT2D eigenvalue weighted by Crippen LogP contribution is 2.42. The minimum absolute atomic E-state index is 0.281. The van der Waals surface area contributed by atoms with Crippen LogP contribution in [0.2, 0.25) is 0 Å². The fourth-order valence-electron chi connectivity index (χ4n) is 2.05. The molecule has 2 rings (SSSR count). The number of nitrogens with one attached hydrogen (secondary N) is 1. The summed E-state index contributed by atoms with van der Waals surface area (Å²) in [6, 6.07) is 1.99. The predicted octanol–water partition coefficient (Wildman–Crippen LogP) is 4.24. The number of aromatic amines is 1. The standard InChI is InChI=1S/C14H16BrNO2/c1-5-8(2)10-7-16-13-9(10)6-11(17-3)14(18-4)12(13)15/h5-8,16H,1H2,2-4H3. The summed E-state index contributed by atoms with van der Waals surface area (Å²) in [6.45, 7) is 5.95. The molecule has 0 aliphatic rings. The molecule has 0 aliphatic heterocycles. The van der Waals surface area contributed by atoms with Crippen LogP contribution in [0, 0.1) is 0 Å². The molecule has 0 spiro atoms. The average molecular weight is 310 g/mol. The van der Waals surface area contributed by atoms with Crippen LogP contribution in [0.3, 0.4) is 0 Å². The Labute approximate surface area is 115 Å². The summed E-state index contributed by atoms with van der Waals surface area (Å²) in [7, 11) is 3.27. The third kappa shape index (κ3) is 1.90. The molecule has 0 bridgehead atoms. The van der Waals surface area contributed by atoms with Crippen molar-refractivity contribution >= 4 is 26.8 Å². The summed E-state index contributed by atoms with van der Waals surface area (Å²) < 4.78 is 11.6. The number of ether oxygens (including phenoxy) is 2. The maximum atomic E-state index is 5.37. The zero-order valence-electron chi connectivity index (χ0n) is 10.7. The lowest BCUT2D eigenvalue weighted by molar-refractivity contribution is 0.354. The van der Waals surface area contributed by atoms with Gasteiger partial charge in [0.05, 0.1) is 24.2 Å². The molecule has 18 heavy (non-hydrogen) atoms. The van der Waals surface area contributed by atoms with Gasteiger partial charge in [-0.15, -0.1) is 6.58 Å². The Morgan fingerprint density at radius 1 is 1.39 bits per heavy atom. The van der Waals surface area contributed by atoms with E-state index in [1.165, 1.54) is 5.56 Å². The summed E-state index contributed by atoms with van der Waals surface area (Å²) in [4.78, 5) is 3.27. The van der Waals surface area contributed by atoms with Gasteiger partial charge < -0.3 is 14.5 Å². The minimum atomic E-state index is 0.281. The van der Waals surface area contributed by atoms with E-state index in [-0.39, 0.29) is 5.92 Å². The van der Waals surface area contributed by atoms with Gasteiger partial charge in [-0.1, -0.05) is 13.0 Å². The molecule has 1 aromatic heterocycles. The molecule has 1 N–H and O–H groups in total. The summed E-state index contributed by atoms with van der Waals surface area (Å²) in [6.07, 6.45) is 3.92. The van der Waals surface area contributed by atoms with Crippen molar-refractivity contribution in [1.82, 2.24) is 4.98 Å². The number of allylic oxidation sites excluding steroid dienone is 1. The highest BCUT2D eigenvalue weighted by molar-refractivity contribution is 9.10. The molecule has 1 unspecified atom stereocenters. The first kappa shape index (κ1) is 13.0. The smallest absolute Gasteiger partial charge is 0.177 e. The van der Waals surface area contributed by atoms with Crippen LogP contribution >= 0.6 is 15.9 Å². The lowest BCUT2D eigenvalue weighted by Gasteiger charge is -2.11. The number of fused-ring (bicyclic) bond motifs is 1. The summed E-state index contributed by atoms with van der Waals surface area (Å²) in [5.41, 5.74) is 2.21. The van der Waals surface area contributed by atoms with Gasteiger partial charge >= 0.3 is 0 Å². The quantitative estimate of drug-likeness (QED) is 0.857. The predicted molar refractivity (Wildman–Crippen MR) is 77.7 cm³/mol. The zero-order valence-corrected chi connectivity index (χ0v) is 12.3. The van der Waals surface area contributed by atoms with Gasteiger partial charge in [-0.25, -0.2) is 0 Å². The van der Waals surface area contributed by atoms with Crippen molar-refractivity contribution in [2.24, 2.45) is 0 Å². The first-order valence-corrected chi connectivity index (χ1v) is 6.47. The third-order valence-electron chi connectivity index (χ3n) is 3.14. The van der Waals surface area contributed by atoms with Crippen molar-refractivity contribution in [3.05, 3.63) is 35.0 Å². The lowest BCUT2D eigenvalue weighted by atomic mass is 10.0. The van der Waals surface area contributed by atoms with Gasteiger partial charge in [0.25, 0.3) is 0 Å². The first-order valence-electron chi connectivity index (χ1n) is 5.68. The van der Waals surface area contributed by atoms with Crippen LogP contribution in [-0.2, 0) is 0 Å². The molecule has 3 nitrogen and oxygen atoms in total. The Kier molecular flexibility index (Phi) is 3.66. The molecule has 0 saturated carbocycles. The van der Waals surface area contributed by atoms with E-state index in [1.54, 1.807) is 14.2 Å². The van der Waals surface area contributed by atoms with Crippen LogP contribution < -0.4 is 9.47 Å². The largest absolute Gasteiger partial charge is 0.493 e. The van der Waals surface area contributed by atoms with Gasteiger partial charge in [-0.05, 0) is 27.6 Å². The monoisotopic (exact) mass is 309 g/mol. The second-order valence-electron chi connectivity index (χ2n) is 4.12.